The molecule has 0 aromatic heterocycles. The molecule has 0 unspecified atom stereocenters. The lowest BCUT2D eigenvalue weighted by molar-refractivity contribution is -0.135. The number of para-hydroxylation sites is 1. The number of nitriles is 1. The number of nitrogens with one attached hydrogen (secondary N) is 1. The molecule has 0 spiro atoms. The fourth-order valence-electron chi connectivity index (χ4n) is 1.19. The number of carbonyl (C=O) groups excluding carboxylic acids is 1. The van der Waals surface area contributed by atoms with E-state index in [1.807, 2.05) is 36.4 Å². The SMILES string of the molecule is COC(=O)/C(C#N)=C(\C)Nc1ccccc1. The zero-order valence-electron chi connectivity index (χ0n) is 9.15. The average Bonchev–Trinajstić information content (AvgIpc) is 2.31. The molecular weight excluding hydrogens is 204 g/mol. The van der Waals surface area contributed by atoms with Gasteiger partial charge in [-0.1, -0.05) is 18.2 Å². The van der Waals surface area contributed by atoms with E-state index in [1.54, 1.807) is 6.92 Å². The molecule has 1 rings (SSSR count). The van der Waals surface area contributed by atoms with Gasteiger partial charge in [0.1, 0.15) is 6.07 Å². The van der Waals surface area contributed by atoms with E-state index in [2.05, 4.69) is 10.1 Å². The summed E-state index contributed by atoms with van der Waals surface area (Å²) < 4.78 is 4.50. The van der Waals surface area contributed by atoms with Gasteiger partial charge < -0.3 is 10.1 Å². The first-order chi connectivity index (χ1) is 7.69. The lowest BCUT2D eigenvalue weighted by Gasteiger charge is -2.07. The van der Waals surface area contributed by atoms with E-state index in [0.29, 0.717) is 5.70 Å². The van der Waals surface area contributed by atoms with Crippen LogP contribution >= 0.6 is 0 Å². The Kier molecular flexibility index (Phi) is 4.10. The summed E-state index contributed by atoms with van der Waals surface area (Å²) in [6, 6.07) is 11.1. The molecule has 0 saturated heterocycles. The molecule has 4 heteroatoms. The third-order valence-corrected chi connectivity index (χ3v) is 1.98. The summed E-state index contributed by atoms with van der Waals surface area (Å²) in [5, 5.41) is 11.8. The van der Waals surface area contributed by atoms with E-state index in [0.717, 1.165) is 5.69 Å². The maximum atomic E-state index is 11.2. The van der Waals surface area contributed by atoms with Crippen LogP contribution in [0.15, 0.2) is 41.6 Å². The predicted octanol–water partition coefficient (Wildman–Crippen LogP) is 2.07. The van der Waals surface area contributed by atoms with Crippen LogP contribution in [0.5, 0.6) is 0 Å². The Bertz CT molecular complexity index is 444. The van der Waals surface area contributed by atoms with Gasteiger partial charge in [-0.05, 0) is 19.1 Å². The summed E-state index contributed by atoms with van der Waals surface area (Å²) in [6.45, 7) is 1.66. The first-order valence-corrected chi connectivity index (χ1v) is 4.70. The third-order valence-electron chi connectivity index (χ3n) is 1.98. The van der Waals surface area contributed by atoms with E-state index in [4.69, 9.17) is 5.26 Å². The summed E-state index contributed by atoms with van der Waals surface area (Å²) in [5.41, 5.74) is 1.27. The van der Waals surface area contributed by atoms with Crippen molar-refractivity contribution < 1.29 is 9.53 Å². The average molecular weight is 216 g/mol. The Morgan fingerprint density at radius 1 is 1.38 bits per heavy atom. The molecule has 0 radical (unpaired) electrons. The number of allylic oxidation sites excluding steroid dienone is 1. The highest BCUT2D eigenvalue weighted by atomic mass is 16.5. The summed E-state index contributed by atoms with van der Waals surface area (Å²) >= 11 is 0. The molecule has 0 aliphatic carbocycles. The second kappa shape index (κ2) is 5.56. The van der Waals surface area contributed by atoms with Gasteiger partial charge in [-0.3, -0.25) is 0 Å². The van der Waals surface area contributed by atoms with Crippen molar-refractivity contribution in [2.24, 2.45) is 0 Å². The number of benzene rings is 1. The number of anilines is 1. The minimum Gasteiger partial charge on any atom is -0.465 e. The summed E-state index contributed by atoms with van der Waals surface area (Å²) in [4.78, 5) is 11.2. The zero-order valence-corrected chi connectivity index (χ0v) is 9.15. The fourth-order valence-corrected chi connectivity index (χ4v) is 1.19. The summed E-state index contributed by atoms with van der Waals surface area (Å²) in [7, 11) is 1.25. The number of hydrogen-bond donors (Lipinski definition) is 1. The molecule has 0 saturated carbocycles. The lowest BCUT2D eigenvalue weighted by Crippen LogP contribution is -2.09. The summed E-state index contributed by atoms with van der Waals surface area (Å²) in [5.74, 6) is -0.636. The van der Waals surface area contributed by atoms with Gasteiger partial charge in [0.05, 0.1) is 7.11 Å². The zero-order chi connectivity index (χ0) is 12.0. The van der Waals surface area contributed by atoms with Crippen molar-refractivity contribution in [3.8, 4) is 6.07 Å². The summed E-state index contributed by atoms with van der Waals surface area (Å²) in [6.07, 6.45) is 0. The highest BCUT2D eigenvalue weighted by molar-refractivity contribution is 5.94. The Hall–Kier alpha value is -2.28. The van der Waals surface area contributed by atoms with Gasteiger partial charge in [-0.25, -0.2) is 4.79 Å². The normalized spacial score (nSPS) is 11.1. The van der Waals surface area contributed by atoms with E-state index >= 15 is 0 Å². The van der Waals surface area contributed by atoms with Crippen LogP contribution in [0.2, 0.25) is 0 Å². The highest BCUT2D eigenvalue weighted by Crippen LogP contribution is 2.12. The molecule has 1 aromatic rings. The van der Waals surface area contributed by atoms with Crippen LogP contribution in [-0.2, 0) is 9.53 Å². The van der Waals surface area contributed by atoms with Gasteiger partial charge in [0.2, 0.25) is 0 Å². The van der Waals surface area contributed by atoms with Crippen LogP contribution in [0, 0.1) is 11.3 Å². The Morgan fingerprint density at radius 3 is 2.50 bits per heavy atom. The first-order valence-electron chi connectivity index (χ1n) is 4.70. The van der Waals surface area contributed by atoms with Crippen LogP contribution in [-0.4, -0.2) is 13.1 Å². The highest BCUT2D eigenvalue weighted by Gasteiger charge is 2.12. The van der Waals surface area contributed by atoms with Crippen molar-refractivity contribution in [3.05, 3.63) is 41.6 Å². The Labute approximate surface area is 94.1 Å². The Balaban J connectivity index is 2.92. The van der Waals surface area contributed by atoms with Crippen molar-refractivity contribution in [2.75, 3.05) is 12.4 Å². The molecule has 16 heavy (non-hydrogen) atoms. The van der Waals surface area contributed by atoms with Crippen LogP contribution in [0.3, 0.4) is 0 Å². The van der Waals surface area contributed by atoms with Gasteiger partial charge in [-0.2, -0.15) is 5.26 Å². The van der Waals surface area contributed by atoms with Gasteiger partial charge >= 0.3 is 5.97 Å². The number of ether oxygens (including phenoxy) is 1. The fraction of sp³-hybridized carbons (Fsp3) is 0.167. The number of rotatable bonds is 3. The second-order valence-corrected chi connectivity index (χ2v) is 3.09. The molecule has 0 bridgehead atoms. The number of carbonyl (C=O) groups is 1. The molecule has 82 valence electrons. The molecule has 0 atom stereocenters. The van der Waals surface area contributed by atoms with Crippen LogP contribution in [0.25, 0.3) is 0 Å². The van der Waals surface area contributed by atoms with E-state index < -0.39 is 5.97 Å². The molecule has 4 nitrogen and oxygen atoms in total. The minimum atomic E-state index is -0.636. The number of nitrogens with zero attached hydrogens (tertiary/aromatic N) is 1. The van der Waals surface area contributed by atoms with Gasteiger partial charge in [0.25, 0.3) is 0 Å². The molecule has 1 aromatic carbocycles. The van der Waals surface area contributed by atoms with Crippen molar-refractivity contribution in [1.82, 2.24) is 0 Å². The maximum Gasteiger partial charge on any atom is 0.350 e. The smallest absolute Gasteiger partial charge is 0.350 e. The van der Waals surface area contributed by atoms with Crippen molar-refractivity contribution in [3.63, 3.8) is 0 Å². The molecule has 0 amide bonds. The van der Waals surface area contributed by atoms with E-state index in [9.17, 15) is 4.79 Å². The second-order valence-electron chi connectivity index (χ2n) is 3.09. The van der Waals surface area contributed by atoms with Crippen molar-refractivity contribution in [2.45, 2.75) is 6.92 Å². The molecule has 0 heterocycles. The third kappa shape index (κ3) is 2.85. The van der Waals surface area contributed by atoms with E-state index in [1.165, 1.54) is 7.11 Å². The van der Waals surface area contributed by atoms with Crippen LogP contribution < -0.4 is 5.32 Å². The lowest BCUT2D eigenvalue weighted by atomic mass is 10.2. The van der Waals surface area contributed by atoms with Gasteiger partial charge in [0, 0.05) is 11.4 Å². The number of methoxy groups -OCH3 is 1. The number of esters is 1. The number of hydrogen-bond acceptors (Lipinski definition) is 4. The molecule has 0 fully saturated rings. The van der Waals surface area contributed by atoms with Crippen LogP contribution in [0.1, 0.15) is 6.92 Å². The first kappa shape index (κ1) is 11.8. The topological polar surface area (TPSA) is 62.1 Å². The predicted molar refractivity (Wildman–Crippen MR) is 60.4 cm³/mol. The standard InChI is InChI=1S/C12H12N2O2/c1-9(11(8-13)12(15)16-2)14-10-6-4-3-5-7-10/h3-7,14H,1-2H3/b11-9+. The largest absolute Gasteiger partial charge is 0.465 e. The monoisotopic (exact) mass is 216 g/mol. The van der Waals surface area contributed by atoms with Gasteiger partial charge in [-0.15, -0.1) is 0 Å². The van der Waals surface area contributed by atoms with E-state index in [-0.39, 0.29) is 5.57 Å². The van der Waals surface area contributed by atoms with Crippen molar-refractivity contribution >= 4 is 11.7 Å². The van der Waals surface area contributed by atoms with Crippen LogP contribution in [0.4, 0.5) is 5.69 Å². The van der Waals surface area contributed by atoms with Crippen molar-refractivity contribution in [1.29, 1.82) is 5.26 Å². The van der Waals surface area contributed by atoms with Gasteiger partial charge in [0.15, 0.2) is 5.57 Å². The molecule has 0 aliphatic heterocycles. The molecule has 0 aliphatic rings. The molecular formula is C12H12N2O2. The quantitative estimate of drug-likeness (QED) is 0.477. The Morgan fingerprint density at radius 2 is 2.00 bits per heavy atom. The molecule has 1 N–H and O–H groups in total. The minimum absolute atomic E-state index is 0.0219. The maximum absolute atomic E-state index is 11.2.